The molecule has 1 aromatic heterocycles. The summed E-state index contributed by atoms with van der Waals surface area (Å²) in [6.45, 7) is 2.80. The van der Waals surface area contributed by atoms with Gasteiger partial charge in [0, 0.05) is 33.7 Å². The fraction of sp³-hybridized carbons (Fsp3) is 0.211. The monoisotopic (exact) mass is 344 g/mol. The van der Waals surface area contributed by atoms with E-state index in [0.29, 0.717) is 17.9 Å². The van der Waals surface area contributed by atoms with Crippen LogP contribution in [0.25, 0.3) is 11.0 Å². The standard InChI is InChI=1S/C19H18ClNO3/c1-12(13-3-5-15(20)6-4-13)21-11-14-9-19(22)24-18-10-16(23-2)7-8-17(14)18/h3-10,12,21H,11H2,1-2H3/p+1/t12-/m1/s1. The largest absolute Gasteiger partial charge is 0.497 e. The smallest absolute Gasteiger partial charge is 0.336 e. The van der Waals surface area contributed by atoms with Gasteiger partial charge in [0.1, 0.15) is 23.9 Å². The molecule has 0 aliphatic heterocycles. The van der Waals surface area contributed by atoms with Crippen molar-refractivity contribution in [3.05, 3.63) is 75.1 Å². The molecule has 124 valence electrons. The third-order valence-electron chi connectivity index (χ3n) is 4.12. The van der Waals surface area contributed by atoms with Crippen molar-refractivity contribution in [2.24, 2.45) is 0 Å². The summed E-state index contributed by atoms with van der Waals surface area (Å²) >= 11 is 5.93. The van der Waals surface area contributed by atoms with E-state index < -0.39 is 0 Å². The fourth-order valence-corrected chi connectivity index (χ4v) is 2.84. The van der Waals surface area contributed by atoms with Crippen molar-refractivity contribution in [3.8, 4) is 5.75 Å². The zero-order valence-corrected chi connectivity index (χ0v) is 14.3. The highest BCUT2D eigenvalue weighted by atomic mass is 35.5. The van der Waals surface area contributed by atoms with Crippen LogP contribution in [0.5, 0.6) is 5.75 Å². The van der Waals surface area contributed by atoms with Gasteiger partial charge >= 0.3 is 5.63 Å². The Hall–Kier alpha value is -2.30. The lowest BCUT2D eigenvalue weighted by Crippen LogP contribution is -2.83. The van der Waals surface area contributed by atoms with Crippen LogP contribution in [0, 0.1) is 0 Å². The zero-order valence-electron chi connectivity index (χ0n) is 13.6. The minimum Gasteiger partial charge on any atom is -0.497 e. The molecule has 0 bridgehead atoms. The summed E-state index contributed by atoms with van der Waals surface area (Å²) < 4.78 is 10.5. The molecule has 1 heterocycles. The lowest BCUT2D eigenvalue weighted by atomic mass is 10.1. The molecule has 0 unspecified atom stereocenters. The molecule has 0 aliphatic rings. The third kappa shape index (κ3) is 3.61. The van der Waals surface area contributed by atoms with Gasteiger partial charge in [-0.05, 0) is 31.2 Å². The minimum absolute atomic E-state index is 0.253. The van der Waals surface area contributed by atoms with E-state index in [1.54, 1.807) is 19.2 Å². The second-order valence-electron chi connectivity index (χ2n) is 5.73. The molecule has 4 nitrogen and oxygen atoms in total. The van der Waals surface area contributed by atoms with Crippen molar-refractivity contribution in [3.63, 3.8) is 0 Å². The number of nitrogens with two attached hydrogens (primary N) is 1. The maximum Gasteiger partial charge on any atom is 0.336 e. The topological polar surface area (TPSA) is 56.0 Å². The van der Waals surface area contributed by atoms with Crippen LogP contribution in [0.2, 0.25) is 5.02 Å². The average Bonchev–Trinajstić information content (AvgIpc) is 2.59. The molecule has 0 amide bonds. The number of hydrogen-bond acceptors (Lipinski definition) is 3. The Morgan fingerprint density at radius 2 is 1.92 bits per heavy atom. The molecule has 0 fully saturated rings. The van der Waals surface area contributed by atoms with E-state index in [4.69, 9.17) is 20.8 Å². The lowest BCUT2D eigenvalue weighted by Gasteiger charge is -2.12. The molecular weight excluding hydrogens is 326 g/mol. The molecular formula is C19H19ClNO3+. The van der Waals surface area contributed by atoms with Crippen LogP contribution in [0.1, 0.15) is 24.1 Å². The molecule has 3 rings (SSSR count). The highest BCUT2D eigenvalue weighted by molar-refractivity contribution is 6.30. The number of fused-ring (bicyclic) bond motifs is 1. The molecule has 0 saturated heterocycles. The summed E-state index contributed by atoms with van der Waals surface area (Å²) in [6, 6.07) is 15.2. The highest BCUT2D eigenvalue weighted by Crippen LogP contribution is 2.22. The lowest BCUT2D eigenvalue weighted by molar-refractivity contribution is -0.707. The molecule has 5 heteroatoms. The first-order valence-electron chi connectivity index (χ1n) is 7.76. The van der Waals surface area contributed by atoms with Gasteiger partial charge < -0.3 is 14.5 Å². The Kier molecular flexibility index (Phi) is 4.88. The first-order chi connectivity index (χ1) is 11.6. The van der Waals surface area contributed by atoms with Crippen LogP contribution in [-0.4, -0.2) is 7.11 Å². The summed E-state index contributed by atoms with van der Waals surface area (Å²) in [5, 5.41) is 3.84. The normalized spacial score (nSPS) is 12.3. The van der Waals surface area contributed by atoms with Gasteiger partial charge in [-0.15, -0.1) is 0 Å². The number of quaternary nitrogens is 1. The molecule has 0 aliphatic carbocycles. The SMILES string of the molecule is COc1ccc2c(C[NH2+][C@H](C)c3ccc(Cl)cc3)cc(=O)oc2c1. The molecule has 2 N–H and O–H groups in total. The van der Waals surface area contributed by atoms with Crippen molar-refractivity contribution in [2.45, 2.75) is 19.5 Å². The van der Waals surface area contributed by atoms with Crippen LogP contribution in [0.3, 0.4) is 0 Å². The number of hydrogen-bond donors (Lipinski definition) is 1. The van der Waals surface area contributed by atoms with Gasteiger partial charge in [-0.25, -0.2) is 4.79 Å². The van der Waals surface area contributed by atoms with Gasteiger partial charge in [0.15, 0.2) is 0 Å². The van der Waals surface area contributed by atoms with Crippen molar-refractivity contribution in [2.75, 3.05) is 7.11 Å². The predicted molar refractivity (Wildman–Crippen MR) is 94.5 cm³/mol. The summed E-state index contributed by atoms with van der Waals surface area (Å²) in [5.41, 5.74) is 2.33. The fourth-order valence-electron chi connectivity index (χ4n) is 2.71. The Morgan fingerprint density at radius 3 is 2.62 bits per heavy atom. The van der Waals surface area contributed by atoms with Crippen LogP contribution < -0.4 is 15.7 Å². The predicted octanol–water partition coefficient (Wildman–Crippen LogP) is 3.28. The van der Waals surface area contributed by atoms with E-state index >= 15 is 0 Å². The Labute approximate surface area is 145 Å². The van der Waals surface area contributed by atoms with Gasteiger partial charge in [-0.2, -0.15) is 0 Å². The molecule has 24 heavy (non-hydrogen) atoms. The Balaban J connectivity index is 1.84. The van der Waals surface area contributed by atoms with Gasteiger partial charge in [-0.1, -0.05) is 23.7 Å². The maximum absolute atomic E-state index is 11.8. The van der Waals surface area contributed by atoms with Crippen LogP contribution in [-0.2, 0) is 6.54 Å². The molecule has 0 saturated carbocycles. The number of halogens is 1. The van der Waals surface area contributed by atoms with Gasteiger partial charge in [0.2, 0.25) is 0 Å². The molecule has 1 atom stereocenters. The van der Waals surface area contributed by atoms with Crippen molar-refractivity contribution in [1.29, 1.82) is 0 Å². The summed E-state index contributed by atoms with van der Waals surface area (Å²) in [4.78, 5) is 11.8. The first-order valence-corrected chi connectivity index (χ1v) is 8.14. The van der Waals surface area contributed by atoms with Gasteiger partial charge in [-0.3, -0.25) is 0 Å². The molecule has 2 aromatic carbocycles. The Morgan fingerprint density at radius 1 is 1.17 bits per heavy atom. The molecule has 3 aromatic rings. The third-order valence-corrected chi connectivity index (χ3v) is 4.38. The van der Waals surface area contributed by atoms with Crippen LogP contribution >= 0.6 is 11.6 Å². The van der Waals surface area contributed by atoms with Gasteiger partial charge in [0.05, 0.1) is 7.11 Å². The second kappa shape index (κ2) is 7.07. The van der Waals surface area contributed by atoms with E-state index in [2.05, 4.69) is 12.2 Å². The van der Waals surface area contributed by atoms with Crippen LogP contribution in [0.15, 0.2) is 57.7 Å². The van der Waals surface area contributed by atoms with E-state index in [-0.39, 0.29) is 11.7 Å². The van der Waals surface area contributed by atoms with Crippen molar-refractivity contribution in [1.82, 2.24) is 0 Å². The number of benzene rings is 2. The van der Waals surface area contributed by atoms with Crippen molar-refractivity contribution < 1.29 is 14.5 Å². The highest BCUT2D eigenvalue weighted by Gasteiger charge is 2.12. The van der Waals surface area contributed by atoms with Crippen molar-refractivity contribution >= 4 is 22.6 Å². The minimum atomic E-state index is -0.349. The van der Waals surface area contributed by atoms with Crippen LogP contribution in [0.4, 0.5) is 0 Å². The summed E-state index contributed by atoms with van der Waals surface area (Å²) in [7, 11) is 1.59. The number of ether oxygens (including phenoxy) is 1. The van der Waals surface area contributed by atoms with Gasteiger partial charge in [0.25, 0.3) is 0 Å². The van der Waals surface area contributed by atoms with E-state index in [1.165, 1.54) is 5.56 Å². The van der Waals surface area contributed by atoms with E-state index in [1.807, 2.05) is 36.4 Å². The average molecular weight is 345 g/mol. The van der Waals surface area contributed by atoms with E-state index in [9.17, 15) is 4.79 Å². The quantitative estimate of drug-likeness (QED) is 0.723. The molecule has 0 spiro atoms. The zero-order chi connectivity index (χ0) is 17.1. The maximum atomic E-state index is 11.8. The second-order valence-corrected chi connectivity index (χ2v) is 6.17. The molecule has 0 radical (unpaired) electrons. The summed E-state index contributed by atoms with van der Waals surface area (Å²) in [5.74, 6) is 0.668. The summed E-state index contributed by atoms with van der Waals surface area (Å²) in [6.07, 6.45) is 0. The number of methoxy groups -OCH3 is 1. The Bertz CT molecular complexity index is 903. The number of rotatable bonds is 5. The first kappa shape index (κ1) is 16.6. The van der Waals surface area contributed by atoms with E-state index in [0.717, 1.165) is 16.0 Å².